The molecule has 0 radical (unpaired) electrons. The van der Waals surface area contributed by atoms with Gasteiger partial charge in [0.15, 0.2) is 0 Å². The van der Waals surface area contributed by atoms with E-state index in [1.165, 1.54) is 22.9 Å². The zero-order chi connectivity index (χ0) is 12.3. The Bertz CT molecular complexity index is 360. The second kappa shape index (κ2) is 6.01. The van der Waals surface area contributed by atoms with Crippen LogP contribution >= 0.6 is 15.9 Å². The molecule has 0 bridgehead atoms. The fourth-order valence-electron chi connectivity index (χ4n) is 2.56. The van der Waals surface area contributed by atoms with Crippen molar-refractivity contribution in [2.75, 3.05) is 6.54 Å². The first-order chi connectivity index (χ1) is 8.22. The summed E-state index contributed by atoms with van der Waals surface area (Å²) >= 11 is 3.65. The Hall–Kier alpha value is -0.340. The Kier molecular flexibility index (Phi) is 4.63. The summed E-state index contributed by atoms with van der Waals surface area (Å²) in [5, 5.41) is 3.66. The SMILES string of the molecule is CCNC(Cc1ccccc1Br)C(C)C1CC1. The molecule has 1 aromatic carbocycles. The van der Waals surface area contributed by atoms with Crippen LogP contribution < -0.4 is 5.32 Å². The van der Waals surface area contributed by atoms with Gasteiger partial charge < -0.3 is 5.32 Å². The second-order valence-electron chi connectivity index (χ2n) is 5.16. The molecule has 1 saturated carbocycles. The van der Waals surface area contributed by atoms with E-state index >= 15 is 0 Å². The van der Waals surface area contributed by atoms with Crippen LogP contribution in [0.2, 0.25) is 0 Å². The molecular formula is C15H22BrN. The molecule has 1 nitrogen and oxygen atoms in total. The number of benzene rings is 1. The molecule has 0 aromatic heterocycles. The standard InChI is InChI=1S/C15H22BrN/c1-3-17-15(11(2)12-8-9-12)10-13-6-4-5-7-14(13)16/h4-7,11-12,15,17H,3,8-10H2,1-2H3. The normalized spacial score (nSPS) is 19.0. The summed E-state index contributed by atoms with van der Waals surface area (Å²) in [6.07, 6.45) is 3.99. The smallest absolute Gasteiger partial charge is 0.0207 e. The molecule has 1 aliphatic rings. The quantitative estimate of drug-likeness (QED) is 0.836. The Morgan fingerprint density at radius 1 is 1.35 bits per heavy atom. The summed E-state index contributed by atoms with van der Waals surface area (Å²) in [6, 6.07) is 9.20. The molecular weight excluding hydrogens is 274 g/mol. The molecule has 2 rings (SSSR count). The maximum Gasteiger partial charge on any atom is 0.0207 e. The van der Waals surface area contributed by atoms with Crippen LogP contribution in [0.3, 0.4) is 0 Å². The molecule has 17 heavy (non-hydrogen) atoms. The number of hydrogen-bond donors (Lipinski definition) is 1. The van der Waals surface area contributed by atoms with Crippen molar-refractivity contribution in [3.63, 3.8) is 0 Å². The van der Waals surface area contributed by atoms with Gasteiger partial charge in [-0.3, -0.25) is 0 Å². The molecule has 2 unspecified atom stereocenters. The van der Waals surface area contributed by atoms with Crippen LogP contribution in [0.25, 0.3) is 0 Å². The molecule has 0 aliphatic heterocycles. The van der Waals surface area contributed by atoms with Crippen molar-refractivity contribution in [3.05, 3.63) is 34.3 Å². The summed E-state index contributed by atoms with van der Waals surface area (Å²) in [5.74, 6) is 1.75. The van der Waals surface area contributed by atoms with E-state index in [4.69, 9.17) is 0 Å². The minimum atomic E-state index is 0.617. The van der Waals surface area contributed by atoms with Gasteiger partial charge in [-0.1, -0.05) is 48.0 Å². The zero-order valence-corrected chi connectivity index (χ0v) is 12.3. The predicted octanol–water partition coefficient (Wildman–Crippen LogP) is 4.02. The van der Waals surface area contributed by atoms with Gasteiger partial charge in [0.05, 0.1) is 0 Å². The van der Waals surface area contributed by atoms with Crippen LogP contribution in [0.4, 0.5) is 0 Å². The van der Waals surface area contributed by atoms with Crippen molar-refractivity contribution in [3.8, 4) is 0 Å². The minimum absolute atomic E-state index is 0.617. The van der Waals surface area contributed by atoms with Crippen LogP contribution in [0, 0.1) is 11.8 Å². The Morgan fingerprint density at radius 2 is 2.06 bits per heavy atom. The van der Waals surface area contributed by atoms with Gasteiger partial charge in [-0.2, -0.15) is 0 Å². The van der Waals surface area contributed by atoms with Crippen molar-refractivity contribution < 1.29 is 0 Å². The maximum absolute atomic E-state index is 3.66. The number of rotatable bonds is 6. The van der Waals surface area contributed by atoms with Crippen molar-refractivity contribution in [2.45, 2.75) is 39.2 Å². The molecule has 0 heterocycles. The highest BCUT2D eigenvalue weighted by Gasteiger charge is 2.33. The van der Waals surface area contributed by atoms with E-state index in [1.54, 1.807) is 0 Å². The lowest BCUT2D eigenvalue weighted by atomic mass is 9.91. The van der Waals surface area contributed by atoms with Crippen LogP contribution in [0.15, 0.2) is 28.7 Å². The van der Waals surface area contributed by atoms with Gasteiger partial charge in [-0.15, -0.1) is 0 Å². The lowest BCUT2D eigenvalue weighted by Crippen LogP contribution is -2.37. The minimum Gasteiger partial charge on any atom is -0.314 e. The highest BCUT2D eigenvalue weighted by atomic mass is 79.9. The lowest BCUT2D eigenvalue weighted by Gasteiger charge is -2.25. The third kappa shape index (κ3) is 3.56. The van der Waals surface area contributed by atoms with E-state index in [1.807, 2.05) is 0 Å². The number of likely N-dealkylation sites (N-methyl/N-ethyl adjacent to an activating group) is 1. The van der Waals surface area contributed by atoms with Crippen LogP contribution in [0.5, 0.6) is 0 Å². The van der Waals surface area contributed by atoms with Gasteiger partial charge in [0.1, 0.15) is 0 Å². The highest BCUT2D eigenvalue weighted by molar-refractivity contribution is 9.10. The number of hydrogen-bond acceptors (Lipinski definition) is 1. The van der Waals surface area contributed by atoms with Gasteiger partial charge in [0, 0.05) is 10.5 Å². The summed E-state index contributed by atoms with van der Waals surface area (Å²) < 4.78 is 1.24. The first-order valence-electron chi connectivity index (χ1n) is 6.69. The fourth-order valence-corrected chi connectivity index (χ4v) is 3.00. The summed E-state index contributed by atoms with van der Waals surface area (Å²) in [7, 11) is 0. The summed E-state index contributed by atoms with van der Waals surface area (Å²) in [5.41, 5.74) is 1.42. The monoisotopic (exact) mass is 295 g/mol. The molecule has 1 aromatic rings. The Labute approximate surface area is 113 Å². The molecule has 1 N–H and O–H groups in total. The number of nitrogens with one attached hydrogen (secondary N) is 1. The van der Waals surface area contributed by atoms with E-state index in [2.05, 4.69) is 59.4 Å². The van der Waals surface area contributed by atoms with Crippen LogP contribution in [-0.2, 0) is 6.42 Å². The molecule has 1 fully saturated rings. The maximum atomic E-state index is 3.66. The third-order valence-corrected chi connectivity index (χ3v) is 4.64. The first-order valence-corrected chi connectivity index (χ1v) is 7.48. The van der Waals surface area contributed by atoms with Gasteiger partial charge in [0.2, 0.25) is 0 Å². The van der Waals surface area contributed by atoms with Gasteiger partial charge in [-0.25, -0.2) is 0 Å². The van der Waals surface area contributed by atoms with Crippen molar-refractivity contribution >= 4 is 15.9 Å². The molecule has 1 aliphatic carbocycles. The van der Waals surface area contributed by atoms with Crippen molar-refractivity contribution in [1.29, 1.82) is 0 Å². The van der Waals surface area contributed by atoms with E-state index in [9.17, 15) is 0 Å². The summed E-state index contributed by atoms with van der Waals surface area (Å²) in [4.78, 5) is 0. The average molecular weight is 296 g/mol. The first kappa shape index (κ1) is 13.1. The van der Waals surface area contributed by atoms with E-state index < -0.39 is 0 Å². The Balaban J connectivity index is 2.04. The molecule has 2 heteroatoms. The van der Waals surface area contributed by atoms with Crippen molar-refractivity contribution in [1.82, 2.24) is 5.32 Å². The van der Waals surface area contributed by atoms with Gasteiger partial charge in [-0.05, 0) is 49.3 Å². The van der Waals surface area contributed by atoms with Crippen LogP contribution in [-0.4, -0.2) is 12.6 Å². The summed E-state index contributed by atoms with van der Waals surface area (Å²) in [6.45, 7) is 5.67. The highest BCUT2D eigenvalue weighted by Crippen LogP contribution is 2.39. The second-order valence-corrected chi connectivity index (χ2v) is 6.01. The molecule has 0 saturated heterocycles. The van der Waals surface area contributed by atoms with Gasteiger partial charge in [0.25, 0.3) is 0 Å². The average Bonchev–Trinajstić information content (AvgIpc) is 3.14. The largest absolute Gasteiger partial charge is 0.314 e. The molecule has 0 amide bonds. The van der Waals surface area contributed by atoms with Gasteiger partial charge >= 0.3 is 0 Å². The van der Waals surface area contributed by atoms with Crippen molar-refractivity contribution in [2.24, 2.45) is 11.8 Å². The Morgan fingerprint density at radius 3 is 2.65 bits per heavy atom. The molecule has 2 atom stereocenters. The predicted molar refractivity (Wildman–Crippen MR) is 77.2 cm³/mol. The third-order valence-electron chi connectivity index (χ3n) is 3.86. The lowest BCUT2D eigenvalue weighted by molar-refractivity contribution is 0.344. The van der Waals surface area contributed by atoms with Crippen LogP contribution in [0.1, 0.15) is 32.3 Å². The van der Waals surface area contributed by atoms with E-state index in [-0.39, 0.29) is 0 Å². The van der Waals surface area contributed by atoms with E-state index in [0.29, 0.717) is 6.04 Å². The molecule has 0 spiro atoms. The zero-order valence-electron chi connectivity index (χ0n) is 10.7. The molecule has 94 valence electrons. The topological polar surface area (TPSA) is 12.0 Å². The number of halogens is 1. The fraction of sp³-hybridized carbons (Fsp3) is 0.600. The van der Waals surface area contributed by atoms with E-state index in [0.717, 1.165) is 24.8 Å².